The topological polar surface area (TPSA) is 26.0 Å². The lowest BCUT2D eigenvalue weighted by Gasteiger charge is -2.03. The molecular weight excluding hydrogens is 134 g/mol. The number of hydrogen-bond acceptors (Lipinski definition) is 1. The standard InChI is InChI=1S/C10H11N/c1-4-9-6-7(2)5-8(3)10(9)11/h1,5-6H,11H2,2-3H3. The van der Waals surface area contributed by atoms with Crippen molar-refractivity contribution in [3.63, 3.8) is 0 Å². The van der Waals surface area contributed by atoms with Crippen LogP contribution in [0.3, 0.4) is 0 Å². The van der Waals surface area contributed by atoms with Crippen molar-refractivity contribution in [2.24, 2.45) is 0 Å². The van der Waals surface area contributed by atoms with Crippen LogP contribution in [0.5, 0.6) is 0 Å². The summed E-state index contributed by atoms with van der Waals surface area (Å²) >= 11 is 0. The Morgan fingerprint density at radius 3 is 2.55 bits per heavy atom. The zero-order chi connectivity index (χ0) is 8.43. The van der Waals surface area contributed by atoms with Crippen molar-refractivity contribution in [1.82, 2.24) is 0 Å². The van der Waals surface area contributed by atoms with E-state index < -0.39 is 0 Å². The maximum absolute atomic E-state index is 5.72. The summed E-state index contributed by atoms with van der Waals surface area (Å²) in [6, 6.07) is 3.94. The van der Waals surface area contributed by atoms with Gasteiger partial charge >= 0.3 is 0 Å². The molecule has 0 bridgehead atoms. The van der Waals surface area contributed by atoms with Gasteiger partial charge < -0.3 is 5.73 Å². The molecule has 0 fully saturated rings. The van der Waals surface area contributed by atoms with Gasteiger partial charge in [-0.3, -0.25) is 0 Å². The number of nitrogens with two attached hydrogens (primary N) is 1. The highest BCUT2D eigenvalue weighted by atomic mass is 14.6. The molecule has 56 valence electrons. The summed E-state index contributed by atoms with van der Waals surface area (Å²) in [4.78, 5) is 0. The van der Waals surface area contributed by atoms with E-state index >= 15 is 0 Å². The second kappa shape index (κ2) is 2.67. The minimum Gasteiger partial charge on any atom is -0.398 e. The van der Waals surface area contributed by atoms with Crippen LogP contribution in [0, 0.1) is 26.2 Å². The summed E-state index contributed by atoms with van der Waals surface area (Å²) in [5.41, 5.74) is 9.44. The quantitative estimate of drug-likeness (QED) is 0.437. The monoisotopic (exact) mass is 145 g/mol. The van der Waals surface area contributed by atoms with Gasteiger partial charge in [0.25, 0.3) is 0 Å². The van der Waals surface area contributed by atoms with Crippen LogP contribution in [-0.2, 0) is 0 Å². The van der Waals surface area contributed by atoms with E-state index in [1.165, 1.54) is 0 Å². The molecule has 0 aliphatic heterocycles. The molecule has 0 radical (unpaired) electrons. The van der Waals surface area contributed by atoms with E-state index in [2.05, 4.69) is 5.92 Å². The third-order valence-corrected chi connectivity index (χ3v) is 1.69. The van der Waals surface area contributed by atoms with Crippen molar-refractivity contribution in [3.05, 3.63) is 28.8 Å². The van der Waals surface area contributed by atoms with Gasteiger partial charge in [0, 0.05) is 5.56 Å². The first-order chi connectivity index (χ1) is 5.15. The van der Waals surface area contributed by atoms with Crippen LogP contribution in [0.4, 0.5) is 5.69 Å². The van der Waals surface area contributed by atoms with Crippen LogP contribution in [0.15, 0.2) is 12.1 Å². The van der Waals surface area contributed by atoms with E-state index in [-0.39, 0.29) is 0 Å². The van der Waals surface area contributed by atoms with E-state index in [0.29, 0.717) is 0 Å². The third kappa shape index (κ3) is 1.35. The smallest absolute Gasteiger partial charge is 0.0502 e. The van der Waals surface area contributed by atoms with Crippen LogP contribution in [0.25, 0.3) is 0 Å². The average molecular weight is 145 g/mol. The lowest BCUT2D eigenvalue weighted by atomic mass is 10.1. The molecule has 1 heteroatoms. The Balaban J connectivity index is 3.39. The first-order valence-corrected chi connectivity index (χ1v) is 3.48. The molecule has 0 heterocycles. The van der Waals surface area contributed by atoms with Crippen LogP contribution in [0.1, 0.15) is 16.7 Å². The fraction of sp³-hybridized carbons (Fsp3) is 0.200. The van der Waals surface area contributed by atoms with Crippen molar-refractivity contribution >= 4 is 5.69 Å². The van der Waals surface area contributed by atoms with Gasteiger partial charge in [-0.05, 0) is 31.0 Å². The van der Waals surface area contributed by atoms with Gasteiger partial charge in [-0.1, -0.05) is 12.0 Å². The Labute approximate surface area is 67.2 Å². The highest BCUT2D eigenvalue weighted by molar-refractivity contribution is 5.61. The Kier molecular flexibility index (Phi) is 1.87. The first kappa shape index (κ1) is 7.68. The molecule has 0 aliphatic rings. The molecule has 0 aliphatic carbocycles. The van der Waals surface area contributed by atoms with E-state index in [1.807, 2.05) is 26.0 Å². The SMILES string of the molecule is C#Cc1cc(C)cc(C)c1N. The van der Waals surface area contributed by atoms with E-state index in [0.717, 1.165) is 22.4 Å². The minimum atomic E-state index is 0.720. The number of anilines is 1. The highest BCUT2D eigenvalue weighted by Crippen LogP contribution is 2.17. The third-order valence-electron chi connectivity index (χ3n) is 1.69. The fourth-order valence-electron chi connectivity index (χ4n) is 1.10. The second-order valence-corrected chi connectivity index (χ2v) is 2.69. The molecule has 0 aromatic heterocycles. The van der Waals surface area contributed by atoms with Gasteiger partial charge in [0.05, 0.1) is 5.69 Å². The fourth-order valence-corrected chi connectivity index (χ4v) is 1.10. The summed E-state index contributed by atoms with van der Waals surface area (Å²) < 4.78 is 0. The van der Waals surface area contributed by atoms with E-state index in [9.17, 15) is 0 Å². The van der Waals surface area contributed by atoms with Crippen molar-refractivity contribution in [2.45, 2.75) is 13.8 Å². The van der Waals surface area contributed by atoms with E-state index in [4.69, 9.17) is 12.2 Å². The van der Waals surface area contributed by atoms with Gasteiger partial charge in [0.15, 0.2) is 0 Å². The molecule has 0 spiro atoms. The van der Waals surface area contributed by atoms with Crippen molar-refractivity contribution in [3.8, 4) is 12.3 Å². The summed E-state index contributed by atoms with van der Waals surface area (Å²) in [5.74, 6) is 2.55. The zero-order valence-corrected chi connectivity index (χ0v) is 6.81. The highest BCUT2D eigenvalue weighted by Gasteiger charge is 1.99. The van der Waals surface area contributed by atoms with Crippen molar-refractivity contribution in [2.75, 3.05) is 5.73 Å². The molecule has 1 nitrogen and oxygen atoms in total. The molecular formula is C10H11N. The molecule has 0 unspecified atom stereocenters. The molecule has 0 atom stereocenters. The Hall–Kier alpha value is -1.42. The van der Waals surface area contributed by atoms with Gasteiger partial charge in [-0.25, -0.2) is 0 Å². The summed E-state index contributed by atoms with van der Waals surface area (Å²) in [5, 5.41) is 0. The maximum atomic E-state index is 5.72. The molecule has 1 aromatic carbocycles. The maximum Gasteiger partial charge on any atom is 0.0502 e. The van der Waals surface area contributed by atoms with E-state index in [1.54, 1.807) is 0 Å². The average Bonchev–Trinajstić information content (AvgIpc) is 1.96. The molecule has 11 heavy (non-hydrogen) atoms. The number of hydrogen-bond donors (Lipinski definition) is 1. The zero-order valence-electron chi connectivity index (χ0n) is 6.81. The normalized spacial score (nSPS) is 9.18. The van der Waals surface area contributed by atoms with Gasteiger partial charge in [-0.15, -0.1) is 6.42 Å². The van der Waals surface area contributed by atoms with Gasteiger partial charge in [0.1, 0.15) is 0 Å². The Bertz CT molecular complexity index is 318. The molecule has 0 saturated carbocycles. The van der Waals surface area contributed by atoms with Crippen LogP contribution in [0.2, 0.25) is 0 Å². The lowest BCUT2D eigenvalue weighted by Crippen LogP contribution is -1.94. The van der Waals surface area contributed by atoms with Gasteiger partial charge in [0.2, 0.25) is 0 Å². The Morgan fingerprint density at radius 1 is 1.36 bits per heavy atom. The number of benzene rings is 1. The summed E-state index contributed by atoms with van der Waals surface area (Å²) in [6.45, 7) is 3.97. The largest absolute Gasteiger partial charge is 0.398 e. The molecule has 0 amide bonds. The molecule has 1 aromatic rings. The second-order valence-electron chi connectivity index (χ2n) is 2.69. The Morgan fingerprint density at radius 2 is 2.00 bits per heavy atom. The molecule has 2 N–H and O–H groups in total. The number of terminal acetylenes is 1. The molecule has 0 saturated heterocycles. The first-order valence-electron chi connectivity index (χ1n) is 3.48. The number of nitrogen functional groups attached to an aromatic ring is 1. The van der Waals surface area contributed by atoms with Crippen molar-refractivity contribution in [1.29, 1.82) is 0 Å². The lowest BCUT2D eigenvalue weighted by molar-refractivity contribution is 1.37. The van der Waals surface area contributed by atoms with Crippen LogP contribution < -0.4 is 5.73 Å². The predicted molar refractivity (Wildman–Crippen MR) is 48.3 cm³/mol. The summed E-state index contributed by atoms with van der Waals surface area (Å²) in [7, 11) is 0. The molecule has 1 rings (SSSR count). The summed E-state index contributed by atoms with van der Waals surface area (Å²) in [6.07, 6.45) is 5.26. The van der Waals surface area contributed by atoms with Crippen LogP contribution in [-0.4, -0.2) is 0 Å². The number of aryl methyl sites for hydroxylation is 2. The van der Waals surface area contributed by atoms with Gasteiger partial charge in [-0.2, -0.15) is 0 Å². The van der Waals surface area contributed by atoms with Crippen molar-refractivity contribution < 1.29 is 0 Å². The predicted octanol–water partition coefficient (Wildman–Crippen LogP) is 1.87. The van der Waals surface area contributed by atoms with Crippen LogP contribution >= 0.6 is 0 Å². The minimum absolute atomic E-state index is 0.720. The number of rotatable bonds is 0.